The minimum absolute atomic E-state index is 0.0945. The Balaban J connectivity index is 1.41. The maximum atomic E-state index is 13.8. The van der Waals surface area contributed by atoms with Gasteiger partial charge in [0, 0.05) is 17.5 Å². The Bertz CT molecular complexity index is 974. The average Bonchev–Trinajstić information content (AvgIpc) is 2.74. The maximum absolute atomic E-state index is 13.8. The minimum atomic E-state index is -0.392. The van der Waals surface area contributed by atoms with E-state index in [1.165, 1.54) is 17.0 Å². The predicted octanol–water partition coefficient (Wildman–Crippen LogP) is 5.92. The van der Waals surface area contributed by atoms with Gasteiger partial charge in [0.25, 0.3) is 0 Å². The van der Waals surface area contributed by atoms with Crippen molar-refractivity contribution in [2.45, 2.75) is 38.5 Å². The van der Waals surface area contributed by atoms with Crippen LogP contribution in [0.1, 0.15) is 44.1 Å². The third kappa shape index (κ3) is 3.77. The monoisotopic (exact) mass is 376 g/mol. The largest absolute Gasteiger partial charge is 0.323 e. The molecule has 1 saturated carbocycles. The Morgan fingerprint density at radius 3 is 2.54 bits per heavy atom. The fourth-order valence-corrected chi connectivity index (χ4v) is 4.43. The molecule has 28 heavy (non-hydrogen) atoms. The van der Waals surface area contributed by atoms with E-state index in [9.17, 15) is 9.18 Å². The van der Waals surface area contributed by atoms with Crippen LogP contribution >= 0.6 is 0 Å². The van der Waals surface area contributed by atoms with E-state index in [0.717, 1.165) is 31.2 Å². The number of fused-ring (bicyclic) bond motifs is 1. The van der Waals surface area contributed by atoms with Gasteiger partial charge in [-0.1, -0.05) is 37.3 Å². The number of carbonyl (C=O) groups is 1. The highest BCUT2D eigenvalue weighted by Gasteiger charge is 2.30. The van der Waals surface area contributed by atoms with Gasteiger partial charge in [-0.2, -0.15) is 0 Å². The summed E-state index contributed by atoms with van der Waals surface area (Å²) in [5, 5.41) is 3.99. The first-order chi connectivity index (χ1) is 13.6. The SMILES string of the molecule is C[C@@H](C(=O)Nc1ccccc1F)[C@H]1CC[C@@H](c2ccnc3ccccc32)CC1. The number of nitrogens with zero attached hydrogens (tertiary/aromatic N) is 1. The van der Waals surface area contributed by atoms with E-state index < -0.39 is 5.82 Å². The van der Waals surface area contributed by atoms with E-state index in [1.54, 1.807) is 18.2 Å². The summed E-state index contributed by atoms with van der Waals surface area (Å²) >= 11 is 0. The zero-order chi connectivity index (χ0) is 19.5. The highest BCUT2D eigenvalue weighted by atomic mass is 19.1. The van der Waals surface area contributed by atoms with Gasteiger partial charge in [-0.25, -0.2) is 4.39 Å². The van der Waals surface area contributed by atoms with Crippen LogP contribution in [0.15, 0.2) is 60.8 Å². The first-order valence-electron chi connectivity index (χ1n) is 10.0. The van der Waals surface area contributed by atoms with Gasteiger partial charge in [-0.3, -0.25) is 9.78 Å². The number of hydrogen-bond acceptors (Lipinski definition) is 2. The number of aromatic nitrogens is 1. The van der Waals surface area contributed by atoms with Crippen LogP contribution in [0.4, 0.5) is 10.1 Å². The molecule has 1 aliphatic carbocycles. The zero-order valence-corrected chi connectivity index (χ0v) is 16.1. The quantitative estimate of drug-likeness (QED) is 0.614. The summed E-state index contributed by atoms with van der Waals surface area (Å²) < 4.78 is 13.8. The van der Waals surface area contributed by atoms with Crippen molar-refractivity contribution in [2.24, 2.45) is 11.8 Å². The second kappa shape index (κ2) is 8.09. The molecule has 0 radical (unpaired) electrons. The van der Waals surface area contributed by atoms with Gasteiger partial charge in [-0.15, -0.1) is 0 Å². The van der Waals surface area contributed by atoms with Crippen molar-refractivity contribution in [2.75, 3.05) is 5.32 Å². The molecular weight excluding hydrogens is 351 g/mol. The molecule has 3 nitrogen and oxygen atoms in total. The molecule has 144 valence electrons. The molecule has 0 saturated heterocycles. The van der Waals surface area contributed by atoms with Crippen LogP contribution < -0.4 is 5.32 Å². The first kappa shape index (κ1) is 18.6. The highest BCUT2D eigenvalue weighted by molar-refractivity contribution is 5.92. The van der Waals surface area contributed by atoms with Gasteiger partial charge < -0.3 is 5.32 Å². The fourth-order valence-electron chi connectivity index (χ4n) is 4.43. The van der Waals surface area contributed by atoms with E-state index in [0.29, 0.717) is 11.8 Å². The van der Waals surface area contributed by atoms with Gasteiger partial charge in [0.1, 0.15) is 5.82 Å². The molecule has 3 aromatic rings. The molecule has 1 atom stereocenters. The van der Waals surface area contributed by atoms with Crippen LogP contribution in [0, 0.1) is 17.7 Å². The number of hydrogen-bond donors (Lipinski definition) is 1. The fraction of sp³-hybridized carbons (Fsp3) is 0.333. The highest BCUT2D eigenvalue weighted by Crippen LogP contribution is 2.40. The predicted molar refractivity (Wildman–Crippen MR) is 111 cm³/mol. The molecular formula is C24H25FN2O. The molecule has 1 aliphatic rings. The van der Waals surface area contributed by atoms with Gasteiger partial charge >= 0.3 is 0 Å². The van der Waals surface area contributed by atoms with Crippen molar-refractivity contribution in [3.8, 4) is 0 Å². The number of carbonyl (C=O) groups excluding carboxylic acids is 1. The van der Waals surface area contributed by atoms with Crippen molar-refractivity contribution >= 4 is 22.5 Å². The number of para-hydroxylation sites is 2. The van der Waals surface area contributed by atoms with Gasteiger partial charge in [-0.05, 0) is 67.3 Å². The van der Waals surface area contributed by atoms with E-state index >= 15 is 0 Å². The topological polar surface area (TPSA) is 42.0 Å². The van der Waals surface area contributed by atoms with Crippen molar-refractivity contribution in [1.29, 1.82) is 0 Å². The molecule has 0 spiro atoms. The lowest BCUT2D eigenvalue weighted by Crippen LogP contribution is -2.29. The van der Waals surface area contributed by atoms with E-state index in [4.69, 9.17) is 0 Å². The van der Waals surface area contributed by atoms with Crippen LogP contribution in [-0.4, -0.2) is 10.9 Å². The standard InChI is InChI=1S/C24H25FN2O/c1-16(24(28)27-23-9-5-3-7-21(23)25)17-10-12-18(13-11-17)19-14-15-26-22-8-4-2-6-20(19)22/h2-9,14-18H,10-13H2,1H3,(H,27,28)/t16-,17-,18+/m1/s1. The molecule has 0 bridgehead atoms. The smallest absolute Gasteiger partial charge is 0.227 e. The summed E-state index contributed by atoms with van der Waals surface area (Å²) in [7, 11) is 0. The third-order valence-electron chi connectivity index (χ3n) is 6.15. The number of halogens is 1. The molecule has 1 N–H and O–H groups in total. The average molecular weight is 376 g/mol. The summed E-state index contributed by atoms with van der Waals surface area (Å²) in [5.74, 6) is 0.219. The Morgan fingerprint density at radius 1 is 1.04 bits per heavy atom. The number of amides is 1. The Morgan fingerprint density at radius 2 is 1.75 bits per heavy atom. The normalized spacial score (nSPS) is 20.6. The number of rotatable bonds is 4. The maximum Gasteiger partial charge on any atom is 0.227 e. The Labute approximate surface area is 165 Å². The molecule has 1 heterocycles. The molecule has 1 fully saturated rings. The molecule has 0 unspecified atom stereocenters. The molecule has 4 heteroatoms. The van der Waals surface area contributed by atoms with Gasteiger partial charge in [0.15, 0.2) is 0 Å². The van der Waals surface area contributed by atoms with Crippen molar-refractivity contribution in [3.63, 3.8) is 0 Å². The van der Waals surface area contributed by atoms with E-state index in [2.05, 4.69) is 34.6 Å². The Hall–Kier alpha value is -2.75. The lowest BCUT2D eigenvalue weighted by Gasteiger charge is -2.32. The summed E-state index contributed by atoms with van der Waals surface area (Å²) in [5.41, 5.74) is 2.67. The minimum Gasteiger partial charge on any atom is -0.323 e. The summed E-state index contributed by atoms with van der Waals surface area (Å²) in [6.45, 7) is 1.96. The summed E-state index contributed by atoms with van der Waals surface area (Å²) in [6, 6.07) is 16.7. The summed E-state index contributed by atoms with van der Waals surface area (Å²) in [4.78, 5) is 17.1. The number of benzene rings is 2. The molecule has 1 amide bonds. The molecule has 0 aliphatic heterocycles. The summed E-state index contributed by atoms with van der Waals surface area (Å²) in [6.07, 6.45) is 6.04. The number of anilines is 1. The molecule has 4 rings (SSSR count). The van der Waals surface area contributed by atoms with Crippen molar-refractivity contribution in [1.82, 2.24) is 4.98 Å². The van der Waals surface area contributed by atoms with E-state index in [-0.39, 0.29) is 17.5 Å². The van der Waals surface area contributed by atoms with Crippen LogP contribution in [0.25, 0.3) is 10.9 Å². The van der Waals surface area contributed by atoms with Crippen LogP contribution in [0.3, 0.4) is 0 Å². The molecule has 1 aromatic heterocycles. The van der Waals surface area contributed by atoms with Crippen molar-refractivity contribution in [3.05, 3.63) is 72.2 Å². The van der Waals surface area contributed by atoms with Crippen LogP contribution in [0.5, 0.6) is 0 Å². The molecule has 2 aromatic carbocycles. The number of pyridine rings is 1. The van der Waals surface area contributed by atoms with E-state index in [1.807, 2.05) is 19.2 Å². The van der Waals surface area contributed by atoms with Crippen molar-refractivity contribution < 1.29 is 9.18 Å². The second-order valence-corrected chi connectivity index (χ2v) is 7.79. The zero-order valence-electron chi connectivity index (χ0n) is 16.1. The van der Waals surface area contributed by atoms with Crippen LogP contribution in [-0.2, 0) is 4.79 Å². The first-order valence-corrected chi connectivity index (χ1v) is 10.0. The lowest BCUT2D eigenvalue weighted by molar-refractivity contribution is -0.121. The Kier molecular flexibility index (Phi) is 5.38. The van der Waals surface area contributed by atoms with Gasteiger partial charge in [0.2, 0.25) is 5.91 Å². The second-order valence-electron chi connectivity index (χ2n) is 7.79. The van der Waals surface area contributed by atoms with Gasteiger partial charge in [0.05, 0.1) is 11.2 Å². The third-order valence-corrected chi connectivity index (χ3v) is 6.15. The lowest BCUT2D eigenvalue weighted by atomic mass is 9.73. The van der Waals surface area contributed by atoms with Crippen LogP contribution in [0.2, 0.25) is 0 Å². The number of nitrogens with one attached hydrogen (secondary N) is 1.